The molecule has 0 saturated heterocycles. The van der Waals surface area contributed by atoms with Crippen molar-refractivity contribution in [3.05, 3.63) is 71.6 Å². The fourth-order valence-corrected chi connectivity index (χ4v) is 7.22. The second-order valence-corrected chi connectivity index (χ2v) is 11.6. The lowest BCUT2D eigenvalue weighted by molar-refractivity contribution is 0.0734. The molecule has 7 heteroatoms. The fourth-order valence-electron chi connectivity index (χ4n) is 6.28. The molecule has 2 aliphatic rings. The van der Waals surface area contributed by atoms with Gasteiger partial charge in [0.1, 0.15) is 0 Å². The molecule has 3 aromatic rings. The Morgan fingerprint density at radius 2 is 1.63 bits per heavy atom. The molecule has 1 aromatic heterocycles. The van der Waals surface area contributed by atoms with Gasteiger partial charge in [-0.05, 0) is 111 Å². The Balaban J connectivity index is 1.25. The van der Waals surface area contributed by atoms with Gasteiger partial charge in [-0.1, -0.05) is 23.5 Å². The molecule has 3 nitrogen and oxygen atoms in total. The SMILES string of the molecule is C=CC1CCC(C2CCC(c3ccc(C(=O)Oc4cc5ccc(OCC)c(F)c5s4)c(F)c3F)CC2)CC1. The molecule has 0 radical (unpaired) electrons. The summed E-state index contributed by atoms with van der Waals surface area (Å²) in [5, 5.41) is 0.631. The number of hydrogen-bond donors (Lipinski definition) is 0. The van der Waals surface area contributed by atoms with Crippen molar-refractivity contribution in [1.29, 1.82) is 0 Å². The summed E-state index contributed by atoms with van der Waals surface area (Å²) in [4.78, 5) is 12.7. The van der Waals surface area contributed by atoms with Crippen LogP contribution in [0.25, 0.3) is 10.1 Å². The molecule has 0 aliphatic heterocycles. The van der Waals surface area contributed by atoms with Gasteiger partial charge >= 0.3 is 5.97 Å². The second kappa shape index (κ2) is 11.5. The van der Waals surface area contributed by atoms with E-state index < -0.39 is 29.0 Å². The second-order valence-electron chi connectivity index (χ2n) is 10.5. The Hall–Kier alpha value is -2.80. The third kappa shape index (κ3) is 5.35. The van der Waals surface area contributed by atoms with Gasteiger partial charge in [0.25, 0.3) is 0 Å². The van der Waals surface area contributed by atoms with E-state index in [9.17, 15) is 9.18 Å². The van der Waals surface area contributed by atoms with Crippen molar-refractivity contribution in [2.45, 2.75) is 64.2 Å². The number of carbonyl (C=O) groups excluding carboxylic acids is 1. The van der Waals surface area contributed by atoms with E-state index in [1.165, 1.54) is 49.9 Å². The molecule has 0 atom stereocenters. The Bertz CT molecular complexity index is 1320. The van der Waals surface area contributed by atoms with E-state index in [1.807, 2.05) is 0 Å². The number of thiophene rings is 1. The number of hydrogen-bond acceptors (Lipinski definition) is 4. The maximum Gasteiger partial charge on any atom is 0.347 e. The number of carbonyl (C=O) groups is 1. The van der Waals surface area contributed by atoms with Gasteiger partial charge in [0.2, 0.25) is 0 Å². The minimum atomic E-state index is -1.19. The van der Waals surface area contributed by atoms with Crippen LogP contribution in [0.4, 0.5) is 13.2 Å². The van der Waals surface area contributed by atoms with Gasteiger partial charge in [-0.3, -0.25) is 0 Å². The molecule has 2 aliphatic carbocycles. The molecule has 0 unspecified atom stereocenters. The Morgan fingerprint density at radius 3 is 2.29 bits per heavy atom. The molecule has 1 heterocycles. The van der Waals surface area contributed by atoms with Crippen LogP contribution in [-0.4, -0.2) is 12.6 Å². The average Bonchev–Trinajstić information content (AvgIpc) is 3.35. The molecule has 5 rings (SSSR count). The lowest BCUT2D eigenvalue weighted by atomic mass is 9.68. The summed E-state index contributed by atoms with van der Waals surface area (Å²) in [6, 6.07) is 7.50. The minimum Gasteiger partial charge on any atom is -0.491 e. The fraction of sp³-hybridized carbons (Fsp3) is 0.452. The molecule has 202 valence electrons. The Morgan fingerprint density at radius 1 is 0.947 bits per heavy atom. The minimum absolute atomic E-state index is 0.0551. The maximum atomic E-state index is 15.2. The van der Waals surface area contributed by atoms with E-state index in [0.717, 1.165) is 42.9 Å². The number of rotatable bonds is 7. The van der Waals surface area contributed by atoms with Crippen LogP contribution >= 0.6 is 11.3 Å². The molecular formula is C31H33F3O3S. The van der Waals surface area contributed by atoms with Crippen LogP contribution < -0.4 is 9.47 Å². The van der Waals surface area contributed by atoms with Crippen molar-refractivity contribution >= 4 is 27.4 Å². The first-order valence-electron chi connectivity index (χ1n) is 13.6. The monoisotopic (exact) mass is 542 g/mol. The van der Waals surface area contributed by atoms with Gasteiger partial charge in [0.05, 0.1) is 16.9 Å². The molecule has 2 aromatic carbocycles. The van der Waals surface area contributed by atoms with Crippen LogP contribution in [0.15, 0.2) is 43.0 Å². The third-order valence-corrected chi connectivity index (χ3v) is 9.44. The quantitative estimate of drug-likeness (QED) is 0.221. The van der Waals surface area contributed by atoms with Crippen LogP contribution in [0, 0.1) is 35.2 Å². The number of allylic oxidation sites excluding steroid dienone is 1. The van der Waals surface area contributed by atoms with Crippen LogP contribution in [0.1, 0.15) is 80.1 Å². The lowest BCUT2D eigenvalue weighted by Crippen LogP contribution is -2.25. The van der Waals surface area contributed by atoms with Gasteiger partial charge in [0, 0.05) is 6.07 Å². The summed E-state index contributed by atoms with van der Waals surface area (Å²) >= 11 is 0.917. The molecular weight excluding hydrogens is 509 g/mol. The van der Waals surface area contributed by atoms with Gasteiger partial charge in [0.15, 0.2) is 28.3 Å². The number of ether oxygens (including phenoxy) is 2. The molecule has 0 spiro atoms. The molecule has 0 amide bonds. The first-order valence-corrected chi connectivity index (χ1v) is 14.4. The topological polar surface area (TPSA) is 35.5 Å². The summed E-state index contributed by atoms with van der Waals surface area (Å²) in [6.07, 6.45) is 10.6. The zero-order valence-electron chi connectivity index (χ0n) is 21.6. The molecule has 2 saturated carbocycles. The van der Waals surface area contributed by atoms with E-state index >= 15 is 8.78 Å². The summed E-state index contributed by atoms with van der Waals surface area (Å²) in [5.41, 5.74) is -0.132. The predicted octanol–water partition coefficient (Wildman–Crippen LogP) is 9.20. The van der Waals surface area contributed by atoms with Gasteiger partial charge < -0.3 is 9.47 Å². The number of halogens is 3. The largest absolute Gasteiger partial charge is 0.491 e. The summed E-state index contributed by atoms with van der Waals surface area (Å²) in [7, 11) is 0. The van der Waals surface area contributed by atoms with Gasteiger partial charge in [-0.15, -0.1) is 6.58 Å². The average molecular weight is 543 g/mol. The van der Waals surface area contributed by atoms with Crippen molar-refractivity contribution in [3.63, 3.8) is 0 Å². The first-order chi connectivity index (χ1) is 18.4. The normalized spacial score (nSPS) is 23.8. The summed E-state index contributed by atoms with van der Waals surface area (Å²) in [5.74, 6) is -1.66. The third-order valence-electron chi connectivity index (χ3n) is 8.42. The van der Waals surface area contributed by atoms with Crippen molar-refractivity contribution < 1.29 is 27.4 Å². The maximum absolute atomic E-state index is 15.2. The highest BCUT2D eigenvalue weighted by Gasteiger charge is 2.32. The van der Waals surface area contributed by atoms with Crippen LogP contribution in [-0.2, 0) is 0 Å². The lowest BCUT2D eigenvalue weighted by Gasteiger charge is -2.37. The van der Waals surface area contributed by atoms with E-state index in [2.05, 4.69) is 12.7 Å². The first kappa shape index (κ1) is 26.8. The zero-order valence-corrected chi connectivity index (χ0v) is 22.4. The van der Waals surface area contributed by atoms with Crippen molar-refractivity contribution in [1.82, 2.24) is 0 Å². The smallest absolute Gasteiger partial charge is 0.347 e. The standard InChI is InChI=1S/C31H33F3O3S/c1-3-18-5-7-19(8-6-18)20-9-11-21(12-10-20)23-14-15-24(28(33)27(23)32)31(35)37-26-17-22-13-16-25(36-4-2)29(34)30(22)38-26/h3,13-21H,1,4-12H2,2H3. The van der Waals surface area contributed by atoms with Crippen molar-refractivity contribution in [2.24, 2.45) is 17.8 Å². The highest BCUT2D eigenvalue weighted by Crippen LogP contribution is 2.45. The van der Waals surface area contributed by atoms with Crippen LogP contribution in [0.3, 0.4) is 0 Å². The Labute approximate surface area is 225 Å². The summed E-state index contributed by atoms with van der Waals surface area (Å²) < 4.78 is 55.7. The van der Waals surface area contributed by atoms with E-state index in [4.69, 9.17) is 9.47 Å². The molecule has 2 fully saturated rings. The van der Waals surface area contributed by atoms with Crippen molar-refractivity contribution in [2.75, 3.05) is 6.61 Å². The predicted molar refractivity (Wildman–Crippen MR) is 145 cm³/mol. The van der Waals surface area contributed by atoms with E-state index in [-0.39, 0.29) is 21.4 Å². The molecule has 0 N–H and O–H groups in total. The van der Waals surface area contributed by atoms with E-state index in [0.29, 0.717) is 29.4 Å². The van der Waals surface area contributed by atoms with E-state index in [1.54, 1.807) is 13.0 Å². The number of esters is 1. The molecule has 0 bridgehead atoms. The van der Waals surface area contributed by atoms with Gasteiger partial charge in [-0.2, -0.15) is 0 Å². The Kier molecular flexibility index (Phi) is 8.12. The van der Waals surface area contributed by atoms with Crippen molar-refractivity contribution in [3.8, 4) is 10.8 Å². The van der Waals surface area contributed by atoms with Crippen LogP contribution in [0.2, 0.25) is 0 Å². The highest BCUT2D eigenvalue weighted by atomic mass is 32.1. The zero-order chi connectivity index (χ0) is 26.8. The number of fused-ring (bicyclic) bond motifs is 1. The number of benzene rings is 2. The summed E-state index contributed by atoms with van der Waals surface area (Å²) in [6.45, 7) is 6.00. The highest BCUT2D eigenvalue weighted by molar-refractivity contribution is 7.20. The molecule has 38 heavy (non-hydrogen) atoms. The van der Waals surface area contributed by atoms with Gasteiger partial charge in [-0.25, -0.2) is 18.0 Å². The van der Waals surface area contributed by atoms with Crippen LogP contribution in [0.5, 0.6) is 10.8 Å².